The molecule has 6 heteroatoms. The molecule has 1 aromatic carbocycles. The van der Waals surface area contributed by atoms with Gasteiger partial charge in [0.25, 0.3) is 0 Å². The molecule has 0 fully saturated rings. The van der Waals surface area contributed by atoms with Gasteiger partial charge in [0.2, 0.25) is 0 Å². The van der Waals surface area contributed by atoms with Crippen molar-refractivity contribution < 1.29 is 13.9 Å². The fourth-order valence-corrected chi connectivity index (χ4v) is 1.93. The van der Waals surface area contributed by atoms with E-state index in [4.69, 9.17) is 4.74 Å². The SMILES string of the molecule is CC(C)(C)OC(=O)n1ncc2c(Br)ccc(F)c21. The Hall–Kier alpha value is -1.43. The summed E-state index contributed by atoms with van der Waals surface area (Å²) >= 11 is 3.28. The summed E-state index contributed by atoms with van der Waals surface area (Å²) in [7, 11) is 0. The lowest BCUT2D eigenvalue weighted by Gasteiger charge is -2.19. The van der Waals surface area contributed by atoms with E-state index in [-0.39, 0.29) is 5.52 Å². The molecule has 96 valence electrons. The summed E-state index contributed by atoms with van der Waals surface area (Å²) in [5.41, 5.74) is -0.545. The van der Waals surface area contributed by atoms with Crippen LogP contribution >= 0.6 is 15.9 Å². The molecule has 2 rings (SSSR count). The Bertz CT molecular complexity index is 616. The number of nitrogens with zero attached hydrogens (tertiary/aromatic N) is 2. The maximum absolute atomic E-state index is 13.8. The molecule has 2 aromatic rings. The van der Waals surface area contributed by atoms with E-state index in [1.165, 1.54) is 12.3 Å². The number of carbonyl (C=O) groups is 1. The van der Waals surface area contributed by atoms with Crippen LogP contribution in [0.25, 0.3) is 10.9 Å². The summed E-state index contributed by atoms with van der Waals surface area (Å²) in [4.78, 5) is 11.9. The normalized spacial score (nSPS) is 11.8. The molecule has 0 amide bonds. The average molecular weight is 315 g/mol. The van der Waals surface area contributed by atoms with Crippen molar-refractivity contribution in [1.82, 2.24) is 9.78 Å². The highest BCUT2D eigenvalue weighted by atomic mass is 79.9. The molecule has 0 saturated heterocycles. The van der Waals surface area contributed by atoms with Crippen LogP contribution in [-0.2, 0) is 4.74 Å². The predicted octanol–water partition coefficient (Wildman–Crippen LogP) is 3.72. The van der Waals surface area contributed by atoms with Gasteiger partial charge in [0.1, 0.15) is 16.9 Å². The zero-order chi connectivity index (χ0) is 13.5. The Balaban J connectivity index is 2.53. The highest BCUT2D eigenvalue weighted by Crippen LogP contribution is 2.26. The number of halogens is 2. The summed E-state index contributed by atoms with van der Waals surface area (Å²) in [5, 5.41) is 4.40. The number of hydrogen-bond donors (Lipinski definition) is 0. The second-order valence-corrected chi connectivity index (χ2v) is 5.68. The Morgan fingerprint density at radius 3 is 2.72 bits per heavy atom. The first-order valence-corrected chi connectivity index (χ1v) is 6.14. The Morgan fingerprint density at radius 1 is 1.44 bits per heavy atom. The summed E-state index contributed by atoms with van der Waals surface area (Å²) in [6.45, 7) is 5.22. The van der Waals surface area contributed by atoms with Crippen molar-refractivity contribution in [3.63, 3.8) is 0 Å². The number of aromatic nitrogens is 2. The molecule has 18 heavy (non-hydrogen) atoms. The van der Waals surface area contributed by atoms with Crippen LogP contribution in [0.3, 0.4) is 0 Å². The molecular formula is C12H12BrFN2O2. The molecule has 4 nitrogen and oxygen atoms in total. The van der Waals surface area contributed by atoms with Gasteiger partial charge < -0.3 is 4.74 Å². The quantitative estimate of drug-likeness (QED) is 0.744. The Morgan fingerprint density at radius 2 is 2.11 bits per heavy atom. The van der Waals surface area contributed by atoms with Crippen molar-refractivity contribution in [1.29, 1.82) is 0 Å². The molecule has 0 N–H and O–H groups in total. The van der Waals surface area contributed by atoms with Crippen LogP contribution in [0.2, 0.25) is 0 Å². The third-order valence-electron chi connectivity index (χ3n) is 2.20. The molecule has 0 spiro atoms. The van der Waals surface area contributed by atoms with Gasteiger partial charge in [0.05, 0.1) is 6.20 Å². The maximum atomic E-state index is 13.8. The predicted molar refractivity (Wildman–Crippen MR) is 69.0 cm³/mol. The van der Waals surface area contributed by atoms with Gasteiger partial charge >= 0.3 is 6.09 Å². The first-order valence-electron chi connectivity index (χ1n) is 5.35. The van der Waals surface area contributed by atoms with Crippen molar-refractivity contribution in [2.75, 3.05) is 0 Å². The van der Waals surface area contributed by atoms with Crippen LogP contribution in [0.15, 0.2) is 22.8 Å². The largest absolute Gasteiger partial charge is 0.442 e. The summed E-state index contributed by atoms with van der Waals surface area (Å²) in [6, 6.07) is 2.84. The van der Waals surface area contributed by atoms with Gasteiger partial charge in [-0.3, -0.25) is 0 Å². The van der Waals surface area contributed by atoms with Gasteiger partial charge in [0, 0.05) is 9.86 Å². The minimum atomic E-state index is -0.700. The molecular weight excluding hydrogens is 303 g/mol. The van der Waals surface area contributed by atoms with Gasteiger partial charge in [-0.15, -0.1) is 0 Å². The number of carbonyl (C=O) groups excluding carboxylic acids is 1. The van der Waals surface area contributed by atoms with Gasteiger partial charge in [-0.25, -0.2) is 9.18 Å². The van der Waals surface area contributed by atoms with E-state index in [1.54, 1.807) is 26.8 Å². The summed E-state index contributed by atoms with van der Waals surface area (Å²) < 4.78 is 20.5. The zero-order valence-corrected chi connectivity index (χ0v) is 11.8. The molecule has 1 aromatic heterocycles. The van der Waals surface area contributed by atoms with Gasteiger partial charge in [-0.2, -0.15) is 9.78 Å². The van der Waals surface area contributed by atoms with E-state index in [2.05, 4.69) is 21.0 Å². The van der Waals surface area contributed by atoms with Crippen LogP contribution in [-0.4, -0.2) is 21.5 Å². The fourth-order valence-electron chi connectivity index (χ4n) is 1.51. The highest BCUT2D eigenvalue weighted by molar-refractivity contribution is 9.10. The van der Waals surface area contributed by atoms with Gasteiger partial charge in [-0.05, 0) is 32.9 Å². The second kappa shape index (κ2) is 4.35. The van der Waals surface area contributed by atoms with E-state index in [0.717, 1.165) is 4.68 Å². The molecule has 0 aliphatic rings. The molecule has 0 atom stereocenters. The number of ether oxygens (including phenoxy) is 1. The smallest absolute Gasteiger partial charge is 0.435 e. The van der Waals surface area contributed by atoms with E-state index < -0.39 is 17.5 Å². The third kappa shape index (κ3) is 2.38. The molecule has 0 radical (unpaired) electrons. The Kier molecular flexibility index (Phi) is 3.14. The van der Waals surface area contributed by atoms with E-state index in [9.17, 15) is 9.18 Å². The second-order valence-electron chi connectivity index (χ2n) is 4.83. The van der Waals surface area contributed by atoms with Crippen LogP contribution in [0.4, 0.5) is 9.18 Å². The minimum Gasteiger partial charge on any atom is -0.442 e. The van der Waals surface area contributed by atoms with Crippen molar-refractivity contribution in [2.24, 2.45) is 0 Å². The van der Waals surface area contributed by atoms with Crippen LogP contribution in [0, 0.1) is 5.82 Å². The van der Waals surface area contributed by atoms with E-state index in [1.807, 2.05) is 0 Å². The molecule has 1 heterocycles. The van der Waals surface area contributed by atoms with Crippen molar-refractivity contribution in [3.8, 4) is 0 Å². The zero-order valence-electron chi connectivity index (χ0n) is 10.2. The molecule has 0 saturated carbocycles. The van der Waals surface area contributed by atoms with Gasteiger partial charge in [-0.1, -0.05) is 15.9 Å². The lowest BCUT2D eigenvalue weighted by molar-refractivity contribution is 0.0521. The number of fused-ring (bicyclic) bond motifs is 1. The lowest BCUT2D eigenvalue weighted by atomic mass is 10.2. The first-order chi connectivity index (χ1) is 8.29. The molecule has 0 aliphatic heterocycles. The minimum absolute atomic E-state index is 0.110. The highest BCUT2D eigenvalue weighted by Gasteiger charge is 2.22. The van der Waals surface area contributed by atoms with E-state index >= 15 is 0 Å². The summed E-state index contributed by atoms with van der Waals surface area (Å²) in [5.74, 6) is -0.517. The lowest BCUT2D eigenvalue weighted by Crippen LogP contribution is -2.27. The standard InChI is InChI=1S/C12H12BrFN2O2/c1-12(2,3)18-11(17)16-10-7(6-15-16)8(13)4-5-9(10)14/h4-6H,1-3H3. The average Bonchev–Trinajstić information content (AvgIpc) is 2.66. The number of hydrogen-bond acceptors (Lipinski definition) is 3. The van der Waals surface area contributed by atoms with Crippen LogP contribution < -0.4 is 0 Å². The third-order valence-corrected chi connectivity index (χ3v) is 2.89. The van der Waals surface area contributed by atoms with E-state index in [0.29, 0.717) is 9.86 Å². The van der Waals surface area contributed by atoms with Crippen LogP contribution in [0.1, 0.15) is 20.8 Å². The molecule has 0 bridgehead atoms. The van der Waals surface area contributed by atoms with Crippen molar-refractivity contribution in [3.05, 3.63) is 28.6 Å². The first kappa shape index (κ1) is 13.0. The van der Waals surface area contributed by atoms with Crippen molar-refractivity contribution in [2.45, 2.75) is 26.4 Å². The topological polar surface area (TPSA) is 44.1 Å². The van der Waals surface area contributed by atoms with Crippen molar-refractivity contribution >= 4 is 32.9 Å². The Labute approximate surface area is 112 Å². The number of benzene rings is 1. The fraction of sp³-hybridized carbons (Fsp3) is 0.333. The van der Waals surface area contributed by atoms with Gasteiger partial charge in [0.15, 0.2) is 0 Å². The molecule has 0 unspecified atom stereocenters. The monoisotopic (exact) mass is 314 g/mol. The summed E-state index contributed by atoms with van der Waals surface area (Å²) in [6.07, 6.45) is 0.723. The number of rotatable bonds is 0. The molecule has 0 aliphatic carbocycles. The van der Waals surface area contributed by atoms with Crippen LogP contribution in [0.5, 0.6) is 0 Å². The maximum Gasteiger partial charge on any atom is 0.435 e.